The van der Waals surface area contributed by atoms with Crippen molar-refractivity contribution in [1.82, 2.24) is 4.57 Å². The minimum Gasteiger partial charge on any atom is -0.347 e. The minimum atomic E-state index is 0.709. The number of aromatic nitrogens is 1. The number of hydrogen-bond acceptors (Lipinski definition) is 1. The third kappa shape index (κ3) is 1.98. The number of unbranched alkanes of at least 4 members (excludes halogenated alkanes) is 1. The Bertz CT molecular complexity index is 516. The molecule has 0 fully saturated rings. The Balaban J connectivity index is 2.55. The molecule has 2 aromatic rings. The van der Waals surface area contributed by atoms with E-state index in [0.29, 0.717) is 5.02 Å². The van der Waals surface area contributed by atoms with Crippen molar-refractivity contribution in [3.63, 3.8) is 0 Å². The lowest BCUT2D eigenvalue weighted by molar-refractivity contribution is 0.112. The van der Waals surface area contributed by atoms with E-state index in [9.17, 15) is 4.79 Å². The summed E-state index contributed by atoms with van der Waals surface area (Å²) < 4.78 is 2.11. The summed E-state index contributed by atoms with van der Waals surface area (Å²) >= 11 is 5.98. The van der Waals surface area contributed by atoms with Crippen LogP contribution >= 0.6 is 11.6 Å². The normalized spacial score (nSPS) is 10.9. The average molecular weight is 236 g/mol. The topological polar surface area (TPSA) is 22.0 Å². The van der Waals surface area contributed by atoms with Crippen LogP contribution in [-0.4, -0.2) is 10.9 Å². The van der Waals surface area contributed by atoms with Crippen LogP contribution in [0.5, 0.6) is 0 Å². The summed E-state index contributed by atoms with van der Waals surface area (Å²) in [5.74, 6) is 0. The fraction of sp³-hybridized carbons (Fsp3) is 0.308. The zero-order valence-corrected chi connectivity index (χ0v) is 10.00. The molecule has 1 aromatic carbocycles. The van der Waals surface area contributed by atoms with E-state index in [4.69, 9.17) is 11.6 Å². The molecule has 0 bridgehead atoms. The fourth-order valence-electron chi connectivity index (χ4n) is 1.90. The van der Waals surface area contributed by atoms with Gasteiger partial charge in [-0.25, -0.2) is 0 Å². The highest BCUT2D eigenvalue weighted by atomic mass is 35.5. The minimum absolute atomic E-state index is 0.709. The molecule has 0 aliphatic heterocycles. The van der Waals surface area contributed by atoms with Gasteiger partial charge in [-0.15, -0.1) is 0 Å². The van der Waals surface area contributed by atoms with Crippen LogP contribution in [-0.2, 0) is 6.54 Å². The second kappa shape index (κ2) is 4.71. The van der Waals surface area contributed by atoms with Gasteiger partial charge in [-0.2, -0.15) is 0 Å². The monoisotopic (exact) mass is 235 g/mol. The number of benzene rings is 1. The molecule has 1 heterocycles. The number of aryl methyl sites for hydroxylation is 1. The Hall–Kier alpha value is -1.28. The lowest BCUT2D eigenvalue weighted by Gasteiger charge is -2.03. The third-order valence-corrected chi connectivity index (χ3v) is 2.99. The van der Waals surface area contributed by atoms with Crippen LogP contribution in [0.2, 0.25) is 5.02 Å². The zero-order valence-electron chi connectivity index (χ0n) is 9.24. The molecule has 0 amide bonds. The average Bonchev–Trinajstić information content (AvgIpc) is 2.64. The molecule has 2 nitrogen and oxygen atoms in total. The summed E-state index contributed by atoms with van der Waals surface area (Å²) in [6.07, 6.45) is 5.05. The smallest absolute Gasteiger partial charge is 0.152 e. The van der Waals surface area contributed by atoms with Gasteiger partial charge in [0.2, 0.25) is 0 Å². The Morgan fingerprint density at radius 1 is 1.44 bits per heavy atom. The van der Waals surface area contributed by atoms with Crippen molar-refractivity contribution in [2.75, 3.05) is 0 Å². The Kier molecular flexibility index (Phi) is 3.30. The number of aldehydes is 1. The van der Waals surface area contributed by atoms with Crippen molar-refractivity contribution >= 4 is 28.8 Å². The van der Waals surface area contributed by atoms with Crippen molar-refractivity contribution in [3.05, 3.63) is 35.0 Å². The van der Waals surface area contributed by atoms with Crippen molar-refractivity contribution in [1.29, 1.82) is 0 Å². The number of carbonyl (C=O) groups is 1. The van der Waals surface area contributed by atoms with Gasteiger partial charge in [0.15, 0.2) is 6.29 Å². The number of halogens is 1. The van der Waals surface area contributed by atoms with Crippen molar-refractivity contribution < 1.29 is 4.79 Å². The van der Waals surface area contributed by atoms with E-state index in [-0.39, 0.29) is 0 Å². The summed E-state index contributed by atoms with van der Waals surface area (Å²) in [5, 5.41) is 1.69. The lowest BCUT2D eigenvalue weighted by atomic mass is 10.2. The fourth-order valence-corrected chi connectivity index (χ4v) is 2.07. The Labute approximate surface area is 99.8 Å². The van der Waals surface area contributed by atoms with E-state index in [1.165, 1.54) is 0 Å². The van der Waals surface area contributed by atoms with Gasteiger partial charge in [-0.05, 0) is 18.6 Å². The van der Waals surface area contributed by atoms with Crippen molar-refractivity contribution in [2.24, 2.45) is 0 Å². The molecule has 16 heavy (non-hydrogen) atoms. The number of rotatable bonds is 4. The predicted octanol–water partition coefficient (Wildman–Crippen LogP) is 3.91. The molecule has 0 saturated heterocycles. The molecule has 3 heteroatoms. The van der Waals surface area contributed by atoms with Crippen LogP contribution in [0.3, 0.4) is 0 Å². The second-order valence-corrected chi connectivity index (χ2v) is 4.35. The van der Waals surface area contributed by atoms with E-state index < -0.39 is 0 Å². The standard InChI is InChI=1S/C13H14ClNO/c1-2-3-6-15-8-10(9-16)12-5-4-11(14)7-13(12)15/h4-5,7-9H,2-3,6H2,1H3. The van der Waals surface area contributed by atoms with Gasteiger partial charge in [0, 0.05) is 28.7 Å². The van der Waals surface area contributed by atoms with Gasteiger partial charge in [0.05, 0.1) is 5.52 Å². The number of carbonyl (C=O) groups excluding carboxylic acids is 1. The first-order valence-electron chi connectivity index (χ1n) is 5.50. The largest absolute Gasteiger partial charge is 0.347 e. The molecule has 0 spiro atoms. The number of nitrogens with zero attached hydrogens (tertiary/aromatic N) is 1. The Morgan fingerprint density at radius 3 is 2.94 bits per heavy atom. The maximum absolute atomic E-state index is 10.9. The van der Waals surface area contributed by atoms with Crippen LogP contribution in [0.4, 0.5) is 0 Å². The van der Waals surface area contributed by atoms with Gasteiger partial charge >= 0.3 is 0 Å². The molecule has 0 N–H and O–H groups in total. The highest BCUT2D eigenvalue weighted by Crippen LogP contribution is 2.24. The first-order valence-corrected chi connectivity index (χ1v) is 5.87. The molecule has 0 atom stereocenters. The van der Waals surface area contributed by atoms with Gasteiger partial charge in [0.1, 0.15) is 0 Å². The lowest BCUT2D eigenvalue weighted by Crippen LogP contribution is -1.94. The van der Waals surface area contributed by atoms with Crippen molar-refractivity contribution in [2.45, 2.75) is 26.3 Å². The van der Waals surface area contributed by atoms with Crippen LogP contribution < -0.4 is 0 Å². The molecular formula is C13H14ClNO. The van der Waals surface area contributed by atoms with E-state index in [1.807, 2.05) is 24.4 Å². The van der Waals surface area contributed by atoms with Gasteiger partial charge in [-0.1, -0.05) is 31.0 Å². The number of hydrogen-bond donors (Lipinski definition) is 0. The molecular weight excluding hydrogens is 222 g/mol. The summed E-state index contributed by atoms with van der Waals surface area (Å²) in [6.45, 7) is 3.08. The Morgan fingerprint density at radius 2 is 2.25 bits per heavy atom. The van der Waals surface area contributed by atoms with E-state index >= 15 is 0 Å². The first kappa shape index (κ1) is 11.2. The van der Waals surface area contributed by atoms with E-state index in [2.05, 4.69) is 11.5 Å². The van der Waals surface area contributed by atoms with E-state index in [1.54, 1.807) is 0 Å². The highest BCUT2D eigenvalue weighted by Gasteiger charge is 2.07. The third-order valence-electron chi connectivity index (χ3n) is 2.75. The van der Waals surface area contributed by atoms with E-state index in [0.717, 1.165) is 42.1 Å². The summed E-state index contributed by atoms with van der Waals surface area (Å²) in [4.78, 5) is 10.9. The summed E-state index contributed by atoms with van der Waals surface area (Å²) in [5.41, 5.74) is 1.78. The molecule has 0 unspecified atom stereocenters. The molecule has 84 valence electrons. The van der Waals surface area contributed by atoms with Crippen LogP contribution in [0.25, 0.3) is 10.9 Å². The number of fused-ring (bicyclic) bond motifs is 1. The predicted molar refractivity (Wildman–Crippen MR) is 67.2 cm³/mol. The molecule has 1 aromatic heterocycles. The molecule has 0 aliphatic carbocycles. The summed E-state index contributed by atoms with van der Waals surface area (Å²) in [6, 6.07) is 5.64. The zero-order chi connectivity index (χ0) is 11.5. The molecule has 0 saturated carbocycles. The second-order valence-electron chi connectivity index (χ2n) is 3.91. The van der Waals surface area contributed by atoms with Gasteiger partial charge in [0.25, 0.3) is 0 Å². The van der Waals surface area contributed by atoms with Crippen molar-refractivity contribution in [3.8, 4) is 0 Å². The maximum Gasteiger partial charge on any atom is 0.152 e. The van der Waals surface area contributed by atoms with Gasteiger partial charge in [-0.3, -0.25) is 4.79 Å². The first-order chi connectivity index (χ1) is 7.76. The SMILES string of the molecule is CCCCn1cc(C=O)c2ccc(Cl)cc21. The van der Waals surface area contributed by atoms with Gasteiger partial charge < -0.3 is 4.57 Å². The quantitative estimate of drug-likeness (QED) is 0.737. The maximum atomic E-state index is 10.9. The molecule has 2 rings (SSSR count). The molecule has 0 radical (unpaired) electrons. The van der Waals surface area contributed by atoms with Crippen LogP contribution in [0.1, 0.15) is 30.1 Å². The summed E-state index contributed by atoms with van der Waals surface area (Å²) in [7, 11) is 0. The molecule has 0 aliphatic rings. The van der Waals surface area contributed by atoms with Crippen LogP contribution in [0, 0.1) is 0 Å². The van der Waals surface area contributed by atoms with Crippen LogP contribution in [0.15, 0.2) is 24.4 Å². The highest BCUT2D eigenvalue weighted by molar-refractivity contribution is 6.31.